The number of amides is 1. The van der Waals surface area contributed by atoms with E-state index in [2.05, 4.69) is 26.1 Å². The summed E-state index contributed by atoms with van der Waals surface area (Å²) in [6.45, 7) is 6.64. The molecule has 100 valence electrons. The average molecular weight is 240 g/mol. The van der Waals surface area contributed by atoms with Crippen molar-refractivity contribution in [1.82, 2.24) is 5.32 Å². The number of nitrogens with one attached hydrogen (secondary N) is 1. The lowest BCUT2D eigenvalue weighted by Crippen LogP contribution is -2.46. The highest BCUT2D eigenvalue weighted by Gasteiger charge is 2.25. The van der Waals surface area contributed by atoms with Gasteiger partial charge in [0, 0.05) is 6.04 Å². The Morgan fingerprint density at radius 1 is 1.29 bits per heavy atom. The number of hydrogen-bond donors (Lipinski definition) is 2. The van der Waals surface area contributed by atoms with E-state index in [9.17, 15) is 4.79 Å². The summed E-state index contributed by atoms with van der Waals surface area (Å²) in [5, 5.41) is 3.10. The molecule has 0 aromatic heterocycles. The maximum Gasteiger partial charge on any atom is 0.237 e. The predicted octanol–water partition coefficient (Wildman–Crippen LogP) is 2.44. The van der Waals surface area contributed by atoms with Crippen molar-refractivity contribution in [2.45, 2.75) is 71.4 Å². The van der Waals surface area contributed by atoms with Gasteiger partial charge in [0.15, 0.2) is 0 Å². The van der Waals surface area contributed by atoms with Crippen molar-refractivity contribution in [1.29, 1.82) is 0 Å². The van der Waals surface area contributed by atoms with Crippen molar-refractivity contribution in [2.75, 3.05) is 0 Å². The van der Waals surface area contributed by atoms with Gasteiger partial charge in [-0.15, -0.1) is 0 Å². The van der Waals surface area contributed by atoms with E-state index >= 15 is 0 Å². The van der Waals surface area contributed by atoms with E-state index in [0.29, 0.717) is 6.04 Å². The smallest absolute Gasteiger partial charge is 0.237 e. The fraction of sp³-hybridized carbons (Fsp3) is 0.929. The van der Waals surface area contributed by atoms with Gasteiger partial charge in [-0.2, -0.15) is 0 Å². The summed E-state index contributed by atoms with van der Waals surface area (Å²) in [6.07, 6.45) is 6.47. The van der Waals surface area contributed by atoms with Crippen molar-refractivity contribution in [2.24, 2.45) is 17.6 Å². The first-order chi connectivity index (χ1) is 8.04. The first-order valence-corrected chi connectivity index (χ1v) is 7.10. The minimum Gasteiger partial charge on any atom is -0.352 e. The first-order valence-electron chi connectivity index (χ1n) is 7.10. The predicted molar refractivity (Wildman–Crippen MR) is 71.6 cm³/mol. The summed E-state index contributed by atoms with van der Waals surface area (Å²) >= 11 is 0. The second kappa shape index (κ2) is 7.00. The Bertz CT molecular complexity index is 232. The number of rotatable bonds is 5. The molecule has 1 aliphatic carbocycles. The quantitative estimate of drug-likeness (QED) is 0.775. The molecule has 0 radical (unpaired) electrons. The van der Waals surface area contributed by atoms with Crippen LogP contribution in [0, 0.1) is 11.8 Å². The molecule has 0 aromatic rings. The van der Waals surface area contributed by atoms with Crippen molar-refractivity contribution < 1.29 is 4.79 Å². The van der Waals surface area contributed by atoms with Gasteiger partial charge in [0.25, 0.3) is 0 Å². The Morgan fingerprint density at radius 2 is 1.88 bits per heavy atom. The molecule has 1 atom stereocenters. The molecule has 1 unspecified atom stereocenters. The lowest BCUT2D eigenvalue weighted by Gasteiger charge is -2.31. The summed E-state index contributed by atoms with van der Waals surface area (Å²) in [7, 11) is 0. The molecule has 1 aliphatic rings. The Kier molecular flexibility index (Phi) is 5.96. The molecular weight excluding hydrogens is 212 g/mol. The summed E-state index contributed by atoms with van der Waals surface area (Å²) in [5.41, 5.74) is 5.81. The lowest BCUT2D eigenvalue weighted by atomic mass is 9.79. The molecule has 0 spiro atoms. The average Bonchev–Trinajstić information content (AvgIpc) is 2.30. The zero-order valence-corrected chi connectivity index (χ0v) is 11.5. The van der Waals surface area contributed by atoms with Gasteiger partial charge in [-0.1, -0.05) is 27.2 Å². The molecule has 1 rings (SSSR count). The van der Waals surface area contributed by atoms with E-state index in [1.165, 1.54) is 12.8 Å². The van der Waals surface area contributed by atoms with Gasteiger partial charge in [0.05, 0.1) is 6.04 Å². The van der Waals surface area contributed by atoms with Crippen LogP contribution in [-0.2, 0) is 4.79 Å². The number of carbonyl (C=O) groups is 1. The van der Waals surface area contributed by atoms with Crippen LogP contribution in [0.4, 0.5) is 0 Å². The van der Waals surface area contributed by atoms with E-state index in [1.807, 2.05) is 0 Å². The summed E-state index contributed by atoms with van der Waals surface area (Å²) in [5.74, 6) is 1.65. The first kappa shape index (κ1) is 14.5. The maximum atomic E-state index is 11.8. The van der Waals surface area contributed by atoms with Crippen LogP contribution in [0.15, 0.2) is 0 Å². The molecule has 3 nitrogen and oxygen atoms in total. The van der Waals surface area contributed by atoms with Crippen LogP contribution >= 0.6 is 0 Å². The Morgan fingerprint density at radius 3 is 2.35 bits per heavy atom. The minimum atomic E-state index is -0.317. The minimum absolute atomic E-state index is 0.0415. The summed E-state index contributed by atoms with van der Waals surface area (Å²) < 4.78 is 0. The van der Waals surface area contributed by atoms with E-state index in [-0.39, 0.29) is 11.9 Å². The Hall–Kier alpha value is -0.570. The van der Waals surface area contributed by atoms with Crippen molar-refractivity contribution in [3.05, 3.63) is 0 Å². The van der Waals surface area contributed by atoms with Gasteiger partial charge >= 0.3 is 0 Å². The molecule has 1 fully saturated rings. The van der Waals surface area contributed by atoms with Gasteiger partial charge < -0.3 is 11.1 Å². The molecule has 1 amide bonds. The third kappa shape index (κ3) is 4.66. The number of hydrogen-bond acceptors (Lipinski definition) is 2. The molecule has 3 N–H and O–H groups in total. The Balaban J connectivity index is 2.28. The van der Waals surface area contributed by atoms with Crippen LogP contribution in [0.1, 0.15) is 59.3 Å². The van der Waals surface area contributed by atoms with Gasteiger partial charge in [-0.05, 0) is 43.9 Å². The molecule has 0 aliphatic heterocycles. The fourth-order valence-electron chi connectivity index (χ4n) is 2.68. The van der Waals surface area contributed by atoms with Crippen LogP contribution in [0.25, 0.3) is 0 Å². The van der Waals surface area contributed by atoms with Crippen LogP contribution in [0.5, 0.6) is 0 Å². The van der Waals surface area contributed by atoms with Crippen LogP contribution in [0.2, 0.25) is 0 Å². The standard InChI is InChI=1S/C14H28N2O/c1-4-5-13(15)14(17)16-12-8-6-11(7-9-12)10(2)3/h10-13H,4-9,15H2,1-3H3,(H,16,17). The molecule has 3 heteroatoms. The van der Waals surface area contributed by atoms with Crippen molar-refractivity contribution >= 4 is 5.91 Å². The van der Waals surface area contributed by atoms with Crippen LogP contribution in [0.3, 0.4) is 0 Å². The van der Waals surface area contributed by atoms with Gasteiger partial charge in [0.1, 0.15) is 0 Å². The third-order valence-corrected chi connectivity index (χ3v) is 4.00. The van der Waals surface area contributed by atoms with E-state index in [0.717, 1.165) is 37.5 Å². The van der Waals surface area contributed by atoms with E-state index in [1.54, 1.807) is 0 Å². The van der Waals surface area contributed by atoms with E-state index < -0.39 is 0 Å². The molecule has 17 heavy (non-hydrogen) atoms. The SMILES string of the molecule is CCCC(N)C(=O)NC1CCC(C(C)C)CC1. The maximum absolute atomic E-state index is 11.8. The molecular formula is C14H28N2O. The molecule has 0 saturated heterocycles. The second-order valence-electron chi connectivity index (χ2n) is 5.76. The molecule has 0 heterocycles. The van der Waals surface area contributed by atoms with Crippen LogP contribution in [-0.4, -0.2) is 18.0 Å². The molecule has 0 aromatic carbocycles. The fourth-order valence-corrected chi connectivity index (χ4v) is 2.68. The van der Waals surface area contributed by atoms with E-state index in [4.69, 9.17) is 5.73 Å². The lowest BCUT2D eigenvalue weighted by molar-refractivity contribution is -0.123. The van der Waals surface area contributed by atoms with Gasteiger partial charge in [-0.25, -0.2) is 0 Å². The summed E-state index contributed by atoms with van der Waals surface area (Å²) in [4.78, 5) is 11.8. The summed E-state index contributed by atoms with van der Waals surface area (Å²) in [6, 6.07) is 0.0447. The highest BCUT2D eigenvalue weighted by atomic mass is 16.2. The Labute approximate surface area is 106 Å². The molecule has 1 saturated carbocycles. The highest BCUT2D eigenvalue weighted by molar-refractivity contribution is 5.81. The number of nitrogens with two attached hydrogens (primary N) is 1. The van der Waals surface area contributed by atoms with Crippen molar-refractivity contribution in [3.8, 4) is 0 Å². The topological polar surface area (TPSA) is 55.1 Å². The van der Waals surface area contributed by atoms with Crippen LogP contribution < -0.4 is 11.1 Å². The molecule has 0 bridgehead atoms. The third-order valence-electron chi connectivity index (χ3n) is 4.00. The second-order valence-corrected chi connectivity index (χ2v) is 5.76. The van der Waals surface area contributed by atoms with Gasteiger partial charge in [0.2, 0.25) is 5.91 Å². The van der Waals surface area contributed by atoms with Gasteiger partial charge in [-0.3, -0.25) is 4.79 Å². The zero-order chi connectivity index (χ0) is 12.8. The highest BCUT2D eigenvalue weighted by Crippen LogP contribution is 2.29. The zero-order valence-electron chi connectivity index (χ0n) is 11.5. The normalized spacial score (nSPS) is 26.9. The largest absolute Gasteiger partial charge is 0.352 e. The van der Waals surface area contributed by atoms with Crippen molar-refractivity contribution in [3.63, 3.8) is 0 Å². The number of carbonyl (C=O) groups excluding carboxylic acids is 1. The monoisotopic (exact) mass is 240 g/mol.